The van der Waals surface area contributed by atoms with Crippen molar-refractivity contribution in [1.29, 1.82) is 0 Å². The maximum Gasteiger partial charge on any atom is 0.351 e. The zero-order valence-corrected chi connectivity index (χ0v) is 15.6. The fourth-order valence-corrected chi connectivity index (χ4v) is 3.59. The van der Waals surface area contributed by atoms with Crippen LogP contribution in [0.1, 0.15) is 29.4 Å². The highest BCUT2D eigenvalue weighted by Crippen LogP contribution is 2.22. The van der Waals surface area contributed by atoms with E-state index >= 15 is 0 Å². The number of esters is 2. The second kappa shape index (κ2) is 8.71. The Balaban J connectivity index is 1.50. The van der Waals surface area contributed by atoms with Gasteiger partial charge in [0.2, 0.25) is 0 Å². The van der Waals surface area contributed by atoms with Crippen molar-refractivity contribution < 1.29 is 23.9 Å². The Morgan fingerprint density at radius 3 is 2.70 bits per heavy atom. The largest absolute Gasteiger partial charge is 0.466 e. The molecule has 1 saturated heterocycles. The molecular formula is C16H19N5O5S. The summed E-state index contributed by atoms with van der Waals surface area (Å²) in [5.74, 6) is -1.29. The van der Waals surface area contributed by atoms with Crippen LogP contribution >= 0.6 is 11.3 Å². The van der Waals surface area contributed by atoms with Gasteiger partial charge in [-0.1, -0.05) is 0 Å². The van der Waals surface area contributed by atoms with Crippen LogP contribution in [0, 0.1) is 5.92 Å². The molecule has 2 aromatic rings. The summed E-state index contributed by atoms with van der Waals surface area (Å²) in [7, 11) is 0. The molecule has 0 atom stereocenters. The lowest BCUT2D eigenvalue weighted by Gasteiger charge is -2.30. The summed E-state index contributed by atoms with van der Waals surface area (Å²) < 4.78 is 11.5. The van der Waals surface area contributed by atoms with E-state index in [0.29, 0.717) is 43.1 Å². The number of amides is 1. The van der Waals surface area contributed by atoms with Crippen LogP contribution in [0.25, 0.3) is 5.69 Å². The number of tetrazole rings is 1. The second-order valence-electron chi connectivity index (χ2n) is 5.87. The molecule has 144 valence electrons. The van der Waals surface area contributed by atoms with Gasteiger partial charge in [-0.3, -0.25) is 9.59 Å². The summed E-state index contributed by atoms with van der Waals surface area (Å²) in [6, 6.07) is 1.69. The Kier molecular flexibility index (Phi) is 6.12. The fourth-order valence-electron chi connectivity index (χ4n) is 2.82. The monoisotopic (exact) mass is 393 g/mol. The lowest BCUT2D eigenvalue weighted by molar-refractivity contribution is -0.151. The third kappa shape index (κ3) is 4.48. The molecule has 11 heteroatoms. The summed E-state index contributed by atoms with van der Waals surface area (Å²) in [5.41, 5.74) is 0.498. The highest BCUT2D eigenvalue weighted by Gasteiger charge is 2.29. The molecule has 27 heavy (non-hydrogen) atoms. The van der Waals surface area contributed by atoms with Gasteiger partial charge in [-0.2, -0.15) is 4.68 Å². The predicted molar refractivity (Wildman–Crippen MR) is 93.3 cm³/mol. The van der Waals surface area contributed by atoms with Crippen molar-refractivity contribution in [1.82, 2.24) is 25.1 Å². The normalized spacial score (nSPS) is 14.8. The SMILES string of the molecule is CCOC(=O)C1CCN(C(=O)COC(=O)c2sccc2-n2cnnn2)CC1. The topological polar surface area (TPSA) is 117 Å². The first-order valence-electron chi connectivity index (χ1n) is 8.52. The van der Waals surface area contributed by atoms with Gasteiger partial charge in [0.25, 0.3) is 5.91 Å². The molecule has 0 radical (unpaired) electrons. The molecule has 1 fully saturated rings. The van der Waals surface area contributed by atoms with Crippen molar-refractivity contribution in [2.24, 2.45) is 5.92 Å². The maximum atomic E-state index is 12.3. The van der Waals surface area contributed by atoms with Gasteiger partial charge < -0.3 is 14.4 Å². The third-order valence-corrected chi connectivity index (χ3v) is 5.10. The number of piperidine rings is 1. The van der Waals surface area contributed by atoms with Gasteiger partial charge in [0.1, 0.15) is 11.2 Å². The molecular weight excluding hydrogens is 374 g/mol. The number of hydrogen-bond acceptors (Lipinski definition) is 9. The van der Waals surface area contributed by atoms with Crippen molar-refractivity contribution in [3.05, 3.63) is 22.7 Å². The minimum absolute atomic E-state index is 0.179. The maximum absolute atomic E-state index is 12.3. The summed E-state index contributed by atoms with van der Waals surface area (Å²) >= 11 is 1.18. The van der Waals surface area contributed by atoms with Gasteiger partial charge in [0.15, 0.2) is 6.61 Å². The van der Waals surface area contributed by atoms with Crippen molar-refractivity contribution in [3.8, 4) is 5.69 Å². The Morgan fingerprint density at radius 1 is 1.26 bits per heavy atom. The molecule has 3 rings (SSSR count). The number of hydrogen-bond donors (Lipinski definition) is 0. The smallest absolute Gasteiger partial charge is 0.351 e. The lowest BCUT2D eigenvalue weighted by Crippen LogP contribution is -2.42. The number of carbonyl (C=O) groups excluding carboxylic acids is 3. The molecule has 0 saturated carbocycles. The molecule has 1 amide bonds. The summed E-state index contributed by atoms with van der Waals surface area (Å²) in [6.45, 7) is 2.64. The van der Waals surface area contributed by atoms with Crippen molar-refractivity contribution in [3.63, 3.8) is 0 Å². The zero-order valence-electron chi connectivity index (χ0n) is 14.7. The lowest BCUT2D eigenvalue weighted by atomic mass is 9.97. The van der Waals surface area contributed by atoms with Crippen LogP contribution in [-0.2, 0) is 19.1 Å². The molecule has 0 N–H and O–H groups in total. The molecule has 0 bridgehead atoms. The van der Waals surface area contributed by atoms with E-state index in [1.54, 1.807) is 23.3 Å². The molecule has 0 spiro atoms. The quantitative estimate of drug-likeness (QED) is 0.658. The Morgan fingerprint density at radius 2 is 2.04 bits per heavy atom. The Bertz CT molecular complexity index is 798. The number of nitrogens with zero attached hydrogens (tertiary/aromatic N) is 5. The minimum Gasteiger partial charge on any atom is -0.466 e. The molecule has 10 nitrogen and oxygen atoms in total. The summed E-state index contributed by atoms with van der Waals surface area (Å²) in [5, 5.41) is 12.5. The van der Waals surface area contributed by atoms with Crippen LogP contribution < -0.4 is 0 Å². The number of thiophene rings is 1. The Labute approximate surface area is 159 Å². The van der Waals surface area contributed by atoms with Crippen LogP contribution in [0.2, 0.25) is 0 Å². The number of carbonyl (C=O) groups is 3. The van der Waals surface area contributed by atoms with E-state index in [0.717, 1.165) is 0 Å². The van der Waals surface area contributed by atoms with E-state index in [-0.39, 0.29) is 24.4 Å². The first kappa shape index (κ1) is 19.0. The average Bonchev–Trinajstić information content (AvgIpc) is 3.37. The average molecular weight is 393 g/mol. The van der Waals surface area contributed by atoms with Crippen LogP contribution in [0.15, 0.2) is 17.8 Å². The van der Waals surface area contributed by atoms with E-state index in [9.17, 15) is 14.4 Å². The minimum atomic E-state index is -0.606. The van der Waals surface area contributed by atoms with E-state index < -0.39 is 5.97 Å². The number of ether oxygens (including phenoxy) is 2. The molecule has 0 unspecified atom stereocenters. The van der Waals surface area contributed by atoms with Crippen LogP contribution in [-0.4, -0.2) is 69.3 Å². The number of aromatic nitrogens is 4. The highest BCUT2D eigenvalue weighted by atomic mass is 32.1. The second-order valence-corrected chi connectivity index (χ2v) is 6.79. The van der Waals surface area contributed by atoms with Gasteiger partial charge >= 0.3 is 11.9 Å². The van der Waals surface area contributed by atoms with Crippen molar-refractivity contribution >= 4 is 29.2 Å². The zero-order chi connectivity index (χ0) is 19.2. The first-order valence-corrected chi connectivity index (χ1v) is 9.40. The van der Waals surface area contributed by atoms with Crippen molar-refractivity contribution in [2.45, 2.75) is 19.8 Å². The van der Waals surface area contributed by atoms with E-state index in [1.807, 2.05) is 0 Å². The molecule has 2 aromatic heterocycles. The summed E-state index contributed by atoms with van der Waals surface area (Å²) in [6.07, 6.45) is 2.47. The van der Waals surface area contributed by atoms with E-state index in [1.165, 1.54) is 22.3 Å². The first-order chi connectivity index (χ1) is 13.1. The van der Waals surface area contributed by atoms with Gasteiger partial charge in [-0.25, -0.2) is 4.79 Å². The molecule has 1 aliphatic heterocycles. The standard InChI is InChI=1S/C16H19N5O5S/c1-2-25-15(23)11-3-6-20(7-4-11)13(22)9-26-16(24)14-12(5-8-27-14)21-10-17-18-19-21/h5,8,10-11H,2-4,6-7,9H2,1H3. The van der Waals surface area contributed by atoms with Crippen LogP contribution in [0.3, 0.4) is 0 Å². The summed E-state index contributed by atoms with van der Waals surface area (Å²) in [4.78, 5) is 38.2. The van der Waals surface area contributed by atoms with Gasteiger partial charge in [0.05, 0.1) is 18.2 Å². The predicted octanol–water partition coefficient (Wildman–Crippen LogP) is 0.682. The van der Waals surface area contributed by atoms with E-state index in [4.69, 9.17) is 9.47 Å². The van der Waals surface area contributed by atoms with Crippen LogP contribution in [0.5, 0.6) is 0 Å². The van der Waals surface area contributed by atoms with Gasteiger partial charge in [0, 0.05) is 13.1 Å². The van der Waals surface area contributed by atoms with E-state index in [2.05, 4.69) is 15.5 Å². The highest BCUT2D eigenvalue weighted by molar-refractivity contribution is 7.12. The number of rotatable bonds is 6. The molecule has 3 heterocycles. The fraction of sp³-hybridized carbons (Fsp3) is 0.500. The van der Waals surface area contributed by atoms with Crippen LogP contribution in [0.4, 0.5) is 0 Å². The molecule has 0 aliphatic carbocycles. The van der Waals surface area contributed by atoms with Crippen molar-refractivity contribution in [2.75, 3.05) is 26.3 Å². The molecule has 1 aliphatic rings. The number of likely N-dealkylation sites (tertiary alicyclic amines) is 1. The molecule has 0 aromatic carbocycles. The Hall–Kier alpha value is -2.82. The van der Waals surface area contributed by atoms with Gasteiger partial charge in [-0.15, -0.1) is 16.4 Å². The van der Waals surface area contributed by atoms with Gasteiger partial charge in [-0.05, 0) is 41.6 Å². The third-order valence-electron chi connectivity index (χ3n) is 4.22.